The summed E-state index contributed by atoms with van der Waals surface area (Å²) in [6, 6.07) is 14.3. The number of carbonyl (C=O) groups excluding carboxylic acids is 1. The largest absolute Gasteiger partial charge is 0.385 e. The molecule has 2 aromatic carbocycles. The molecule has 210 valence electrons. The van der Waals surface area contributed by atoms with Crippen LogP contribution in [0.25, 0.3) is 11.1 Å². The van der Waals surface area contributed by atoms with E-state index in [1.807, 2.05) is 42.3 Å². The maximum absolute atomic E-state index is 14.9. The number of amides is 2. The molecule has 0 aromatic heterocycles. The van der Waals surface area contributed by atoms with Gasteiger partial charge in [-0.15, -0.1) is 0 Å². The predicted octanol–water partition coefficient (Wildman–Crippen LogP) is 5.55. The minimum atomic E-state index is -1.21. The Kier molecular flexibility index (Phi) is 11.6. The van der Waals surface area contributed by atoms with E-state index in [0.29, 0.717) is 49.7 Å². The molecule has 0 spiro atoms. The minimum Gasteiger partial charge on any atom is -0.385 e. The number of hydrogen-bond acceptors (Lipinski definition) is 4. The summed E-state index contributed by atoms with van der Waals surface area (Å²) in [5.41, 5.74) is 0.691. The van der Waals surface area contributed by atoms with Crippen molar-refractivity contribution in [3.05, 3.63) is 59.9 Å². The molecule has 1 aliphatic rings. The zero-order valence-corrected chi connectivity index (χ0v) is 23.5. The average Bonchev–Trinajstić information content (AvgIpc) is 2.91. The average molecular weight is 528 g/mol. The van der Waals surface area contributed by atoms with Gasteiger partial charge in [-0.05, 0) is 68.7 Å². The van der Waals surface area contributed by atoms with Gasteiger partial charge in [0.05, 0.1) is 5.60 Å². The number of piperidine rings is 1. The van der Waals surface area contributed by atoms with Gasteiger partial charge in [0.25, 0.3) is 0 Å². The second-order valence-electron chi connectivity index (χ2n) is 11.0. The fourth-order valence-corrected chi connectivity index (χ4v) is 5.80. The molecule has 0 saturated carbocycles. The van der Waals surface area contributed by atoms with Gasteiger partial charge in [0.1, 0.15) is 5.82 Å². The van der Waals surface area contributed by atoms with Crippen LogP contribution in [0.1, 0.15) is 57.9 Å². The fraction of sp³-hybridized carbons (Fsp3) is 0.581. The molecule has 0 bridgehead atoms. The molecule has 2 aromatic rings. The van der Waals surface area contributed by atoms with Gasteiger partial charge >= 0.3 is 6.03 Å². The number of carbonyl (C=O) groups is 1. The topological polar surface area (TPSA) is 73.8 Å². The number of halogens is 1. The standard InChI is InChI=1S/C31H46FN3O3/c1-23(2)20-25(21-33-3)34-30(36)35-18-11-12-24(22-35)31(37,17-9-10-19-38-4)28-15-7-5-13-26(28)27-14-6-8-16-29(27)32/h5-8,13-16,23-25,33,37H,9-12,17-22H2,1-4H3,(H,34,36)/t24-,25+,31+/m1/s1. The van der Waals surface area contributed by atoms with Crippen LogP contribution in [0.5, 0.6) is 0 Å². The predicted molar refractivity (Wildman–Crippen MR) is 151 cm³/mol. The molecule has 38 heavy (non-hydrogen) atoms. The van der Waals surface area contributed by atoms with E-state index in [1.165, 1.54) is 6.07 Å². The van der Waals surface area contributed by atoms with Crippen LogP contribution in [-0.2, 0) is 10.3 Å². The molecule has 2 amide bonds. The van der Waals surface area contributed by atoms with Crippen LogP contribution in [0.15, 0.2) is 48.5 Å². The third-order valence-corrected chi connectivity index (χ3v) is 7.63. The van der Waals surface area contributed by atoms with Gasteiger partial charge < -0.3 is 25.4 Å². The van der Waals surface area contributed by atoms with Crippen molar-refractivity contribution < 1.29 is 19.0 Å². The maximum Gasteiger partial charge on any atom is 0.317 e. The number of likely N-dealkylation sites (N-methyl/N-ethyl adjacent to an activating group) is 1. The minimum absolute atomic E-state index is 0.0441. The summed E-state index contributed by atoms with van der Waals surface area (Å²) in [7, 11) is 3.57. The zero-order chi connectivity index (χ0) is 27.5. The number of ether oxygens (including phenoxy) is 1. The normalized spacial score (nSPS) is 18.3. The lowest BCUT2D eigenvalue weighted by atomic mass is 9.72. The number of likely N-dealkylation sites (tertiary alicyclic amines) is 1. The number of rotatable bonds is 13. The number of unbranched alkanes of at least 4 members (excludes halogenated alkanes) is 1. The van der Waals surface area contributed by atoms with Crippen molar-refractivity contribution in [1.29, 1.82) is 0 Å². The van der Waals surface area contributed by atoms with E-state index >= 15 is 0 Å². The number of nitrogens with one attached hydrogen (secondary N) is 2. The molecule has 7 heteroatoms. The van der Waals surface area contributed by atoms with Gasteiger partial charge in [0, 0.05) is 50.9 Å². The van der Waals surface area contributed by atoms with E-state index < -0.39 is 5.60 Å². The molecule has 1 aliphatic heterocycles. The highest BCUT2D eigenvalue weighted by Crippen LogP contribution is 2.44. The van der Waals surface area contributed by atoms with Crippen molar-refractivity contribution in [3.63, 3.8) is 0 Å². The molecular formula is C31H46FN3O3. The number of aliphatic hydroxyl groups is 1. The number of methoxy groups -OCH3 is 1. The number of hydrogen-bond donors (Lipinski definition) is 3. The van der Waals surface area contributed by atoms with E-state index in [1.54, 1.807) is 19.2 Å². The van der Waals surface area contributed by atoms with E-state index in [-0.39, 0.29) is 23.8 Å². The van der Waals surface area contributed by atoms with E-state index in [4.69, 9.17) is 4.74 Å². The summed E-state index contributed by atoms with van der Waals surface area (Å²) in [5.74, 6) is -0.0211. The highest BCUT2D eigenvalue weighted by atomic mass is 19.1. The van der Waals surface area contributed by atoms with Crippen LogP contribution >= 0.6 is 0 Å². The fourth-order valence-electron chi connectivity index (χ4n) is 5.80. The SMILES string of the molecule is CNC[C@H](CC(C)C)NC(=O)N1CCC[C@@H]([C@@](O)(CCCCOC)c2ccccc2-c2ccccc2F)C1. The Morgan fingerprint density at radius 3 is 2.55 bits per heavy atom. The molecule has 0 radical (unpaired) electrons. The van der Waals surface area contributed by atoms with Crippen molar-refractivity contribution in [1.82, 2.24) is 15.5 Å². The lowest BCUT2D eigenvalue weighted by Gasteiger charge is -2.44. The van der Waals surface area contributed by atoms with Crippen LogP contribution in [0, 0.1) is 17.7 Å². The van der Waals surface area contributed by atoms with E-state index in [0.717, 1.165) is 37.7 Å². The van der Waals surface area contributed by atoms with Crippen molar-refractivity contribution in [2.24, 2.45) is 11.8 Å². The number of nitrogens with zero attached hydrogens (tertiary/aromatic N) is 1. The summed E-state index contributed by atoms with van der Waals surface area (Å²) in [4.78, 5) is 15.2. The van der Waals surface area contributed by atoms with Crippen molar-refractivity contribution in [3.8, 4) is 11.1 Å². The zero-order valence-electron chi connectivity index (χ0n) is 23.5. The Labute approximate surface area is 228 Å². The summed E-state index contributed by atoms with van der Waals surface area (Å²) < 4.78 is 20.2. The van der Waals surface area contributed by atoms with Gasteiger partial charge in [-0.1, -0.05) is 56.3 Å². The molecule has 0 aliphatic carbocycles. The number of urea groups is 1. The van der Waals surface area contributed by atoms with E-state index in [9.17, 15) is 14.3 Å². The maximum atomic E-state index is 14.9. The monoisotopic (exact) mass is 527 g/mol. The first-order chi connectivity index (χ1) is 18.3. The van der Waals surface area contributed by atoms with Crippen molar-refractivity contribution in [2.75, 3.05) is 40.4 Å². The molecule has 1 saturated heterocycles. The molecule has 3 rings (SSSR count). The lowest BCUT2D eigenvalue weighted by molar-refractivity contribution is -0.0559. The van der Waals surface area contributed by atoms with Gasteiger partial charge in [-0.2, -0.15) is 0 Å². The highest BCUT2D eigenvalue weighted by Gasteiger charge is 2.42. The smallest absolute Gasteiger partial charge is 0.317 e. The molecule has 6 nitrogen and oxygen atoms in total. The number of benzene rings is 2. The Hall–Kier alpha value is -2.48. The Bertz CT molecular complexity index is 1020. The first-order valence-electron chi connectivity index (χ1n) is 14.1. The first-order valence-corrected chi connectivity index (χ1v) is 14.1. The third-order valence-electron chi connectivity index (χ3n) is 7.63. The molecule has 3 atom stereocenters. The van der Waals surface area contributed by atoms with Crippen LogP contribution in [0.3, 0.4) is 0 Å². The first kappa shape index (κ1) is 30.1. The Morgan fingerprint density at radius 2 is 1.87 bits per heavy atom. The van der Waals surface area contributed by atoms with Crippen LogP contribution in [-0.4, -0.2) is 62.5 Å². The summed E-state index contributed by atoms with van der Waals surface area (Å²) >= 11 is 0. The van der Waals surface area contributed by atoms with E-state index in [2.05, 4.69) is 24.5 Å². The summed E-state index contributed by atoms with van der Waals surface area (Å²) in [6.45, 7) is 6.75. The molecule has 3 N–H and O–H groups in total. The van der Waals surface area contributed by atoms with Crippen LogP contribution in [0.4, 0.5) is 9.18 Å². The van der Waals surface area contributed by atoms with Gasteiger partial charge in [-0.25, -0.2) is 9.18 Å². The second-order valence-corrected chi connectivity index (χ2v) is 11.0. The summed E-state index contributed by atoms with van der Waals surface area (Å²) in [6.07, 6.45) is 4.58. The van der Waals surface area contributed by atoms with Crippen molar-refractivity contribution >= 4 is 6.03 Å². The van der Waals surface area contributed by atoms with Gasteiger partial charge in [-0.3, -0.25) is 0 Å². The van der Waals surface area contributed by atoms with Gasteiger partial charge in [0.15, 0.2) is 0 Å². The Morgan fingerprint density at radius 1 is 1.16 bits per heavy atom. The van der Waals surface area contributed by atoms with Crippen LogP contribution in [0.2, 0.25) is 0 Å². The molecule has 1 heterocycles. The van der Waals surface area contributed by atoms with Crippen LogP contribution < -0.4 is 10.6 Å². The van der Waals surface area contributed by atoms with Gasteiger partial charge in [0.2, 0.25) is 0 Å². The highest BCUT2D eigenvalue weighted by molar-refractivity contribution is 5.75. The molecule has 0 unspecified atom stereocenters. The van der Waals surface area contributed by atoms with Crippen molar-refractivity contribution in [2.45, 2.75) is 64.0 Å². The third kappa shape index (κ3) is 7.78. The molecule has 1 fully saturated rings. The lowest BCUT2D eigenvalue weighted by Crippen LogP contribution is -2.54. The quantitative estimate of drug-likeness (QED) is 0.299. The second kappa shape index (κ2) is 14.6. The molecular weight excluding hydrogens is 481 g/mol. The Balaban J connectivity index is 1.90. The summed E-state index contributed by atoms with van der Waals surface area (Å²) in [5, 5.41) is 18.9.